The maximum absolute atomic E-state index is 12.0. The number of carbonyl (C=O) groups excluding carboxylic acids is 1. The van der Waals surface area contributed by atoms with E-state index in [0.29, 0.717) is 10.8 Å². The van der Waals surface area contributed by atoms with E-state index >= 15 is 0 Å². The molecule has 1 amide bonds. The van der Waals surface area contributed by atoms with Crippen molar-refractivity contribution in [1.82, 2.24) is 9.97 Å². The van der Waals surface area contributed by atoms with E-state index in [0.717, 1.165) is 5.03 Å². The Kier molecular flexibility index (Phi) is 4.76. The first-order valence-corrected chi connectivity index (χ1v) is 6.91. The Morgan fingerprint density at radius 3 is 2.79 bits per heavy atom. The number of thioether (sulfide) groups is 1. The molecular weight excluding hydrogens is 282 g/mol. The molecular formula is C13H12ClN3OS. The van der Waals surface area contributed by atoms with Crippen LogP contribution in [0.4, 0.5) is 5.82 Å². The first kappa shape index (κ1) is 13.8. The number of nitrogens with zero attached hydrogens (tertiary/aromatic N) is 2. The van der Waals surface area contributed by atoms with Gasteiger partial charge in [-0.3, -0.25) is 4.79 Å². The Balaban J connectivity index is 1.94. The summed E-state index contributed by atoms with van der Waals surface area (Å²) in [7, 11) is 0. The summed E-state index contributed by atoms with van der Waals surface area (Å²) in [6.45, 7) is 1.82. The van der Waals surface area contributed by atoms with Crippen LogP contribution >= 0.6 is 23.4 Å². The van der Waals surface area contributed by atoms with Gasteiger partial charge in [-0.05, 0) is 31.2 Å². The molecule has 0 aliphatic heterocycles. The maximum atomic E-state index is 12.0. The summed E-state index contributed by atoms with van der Waals surface area (Å²) in [5.74, 6) is 0.369. The monoisotopic (exact) mass is 293 g/mol. The fourth-order valence-electron chi connectivity index (χ4n) is 1.33. The van der Waals surface area contributed by atoms with Gasteiger partial charge in [0.05, 0.1) is 15.3 Å². The molecule has 2 aromatic rings. The Labute approximate surface area is 120 Å². The van der Waals surface area contributed by atoms with E-state index < -0.39 is 0 Å². The summed E-state index contributed by atoms with van der Waals surface area (Å²) < 4.78 is 0. The molecule has 0 radical (unpaired) electrons. The van der Waals surface area contributed by atoms with Crippen LogP contribution in [0, 0.1) is 0 Å². The highest BCUT2D eigenvalue weighted by Gasteiger charge is 2.15. The Morgan fingerprint density at radius 1 is 1.32 bits per heavy atom. The van der Waals surface area contributed by atoms with Gasteiger partial charge in [0.2, 0.25) is 5.91 Å². The van der Waals surface area contributed by atoms with Gasteiger partial charge in [0.25, 0.3) is 0 Å². The molecule has 2 heterocycles. The van der Waals surface area contributed by atoms with Crippen LogP contribution in [-0.2, 0) is 4.79 Å². The minimum absolute atomic E-state index is 0.120. The van der Waals surface area contributed by atoms with E-state index in [1.165, 1.54) is 18.0 Å². The Hall–Kier alpha value is -1.59. The van der Waals surface area contributed by atoms with Crippen molar-refractivity contribution in [3.8, 4) is 0 Å². The van der Waals surface area contributed by atoms with Crippen LogP contribution in [0.1, 0.15) is 6.92 Å². The van der Waals surface area contributed by atoms with Gasteiger partial charge >= 0.3 is 0 Å². The molecule has 6 heteroatoms. The van der Waals surface area contributed by atoms with Crippen LogP contribution in [0.25, 0.3) is 0 Å². The molecule has 0 fully saturated rings. The number of anilines is 1. The number of halogens is 1. The summed E-state index contributed by atoms with van der Waals surface area (Å²) in [5, 5.41) is 3.82. The zero-order chi connectivity index (χ0) is 13.7. The fraction of sp³-hybridized carbons (Fsp3) is 0.154. The second-order valence-electron chi connectivity index (χ2n) is 3.78. The highest BCUT2D eigenvalue weighted by molar-refractivity contribution is 8.00. The Morgan fingerprint density at radius 2 is 2.16 bits per heavy atom. The van der Waals surface area contributed by atoms with Crippen LogP contribution < -0.4 is 5.32 Å². The van der Waals surface area contributed by atoms with E-state index in [4.69, 9.17) is 11.6 Å². The second kappa shape index (κ2) is 6.54. The van der Waals surface area contributed by atoms with Gasteiger partial charge in [-0.1, -0.05) is 29.4 Å². The summed E-state index contributed by atoms with van der Waals surface area (Å²) in [6, 6.07) is 8.95. The average Bonchev–Trinajstić information content (AvgIpc) is 2.42. The van der Waals surface area contributed by atoms with Crippen molar-refractivity contribution in [3.05, 3.63) is 47.7 Å². The largest absolute Gasteiger partial charge is 0.310 e. The first-order chi connectivity index (χ1) is 9.15. The minimum Gasteiger partial charge on any atom is -0.310 e. The molecule has 0 aliphatic rings. The van der Waals surface area contributed by atoms with Gasteiger partial charge in [-0.15, -0.1) is 0 Å². The predicted octanol–water partition coefficient (Wildman–Crippen LogP) is 3.25. The molecule has 0 aliphatic carbocycles. The molecule has 1 N–H and O–H groups in total. The van der Waals surface area contributed by atoms with Crippen molar-refractivity contribution in [3.63, 3.8) is 0 Å². The van der Waals surface area contributed by atoms with Crippen LogP contribution in [0.5, 0.6) is 0 Å². The van der Waals surface area contributed by atoms with E-state index in [-0.39, 0.29) is 11.2 Å². The van der Waals surface area contributed by atoms with E-state index in [1.54, 1.807) is 18.3 Å². The number of carbonyl (C=O) groups is 1. The van der Waals surface area contributed by atoms with E-state index in [9.17, 15) is 4.79 Å². The quantitative estimate of drug-likeness (QED) is 0.879. The number of aromatic nitrogens is 2. The van der Waals surface area contributed by atoms with E-state index in [2.05, 4.69) is 15.3 Å². The lowest BCUT2D eigenvalue weighted by molar-refractivity contribution is -0.115. The Bertz CT molecular complexity index is 548. The van der Waals surface area contributed by atoms with Crippen molar-refractivity contribution in [2.45, 2.75) is 17.2 Å². The van der Waals surface area contributed by atoms with Gasteiger partial charge in [-0.25, -0.2) is 9.97 Å². The van der Waals surface area contributed by atoms with Gasteiger partial charge in [0.15, 0.2) is 0 Å². The summed E-state index contributed by atoms with van der Waals surface area (Å²) in [4.78, 5) is 20.2. The van der Waals surface area contributed by atoms with Crippen LogP contribution in [0.2, 0.25) is 5.02 Å². The summed E-state index contributed by atoms with van der Waals surface area (Å²) in [5.41, 5.74) is 0. The summed E-state index contributed by atoms with van der Waals surface area (Å²) in [6.07, 6.45) is 3.20. The standard InChI is InChI=1S/C13H12ClN3OS/c1-9(19-12-4-2-3-7-15-12)13(18)17-11-6-5-10(14)8-16-11/h2-9H,1H3,(H,16,17,18)/t9-/m1/s1. The molecule has 0 aromatic carbocycles. The summed E-state index contributed by atoms with van der Waals surface area (Å²) >= 11 is 7.13. The third kappa shape index (κ3) is 4.22. The predicted molar refractivity (Wildman–Crippen MR) is 77.4 cm³/mol. The molecule has 4 nitrogen and oxygen atoms in total. The molecule has 0 spiro atoms. The molecule has 0 saturated carbocycles. The van der Waals surface area contributed by atoms with Gasteiger partial charge < -0.3 is 5.32 Å². The second-order valence-corrected chi connectivity index (χ2v) is 5.58. The SMILES string of the molecule is C[C@@H](Sc1ccccn1)C(=O)Nc1ccc(Cl)cn1. The van der Waals surface area contributed by atoms with Crippen molar-refractivity contribution >= 4 is 35.1 Å². The van der Waals surface area contributed by atoms with Crippen molar-refractivity contribution in [1.29, 1.82) is 0 Å². The van der Waals surface area contributed by atoms with Gasteiger partial charge in [0, 0.05) is 12.4 Å². The highest BCUT2D eigenvalue weighted by Crippen LogP contribution is 2.21. The zero-order valence-corrected chi connectivity index (χ0v) is 11.8. The van der Waals surface area contributed by atoms with Crippen molar-refractivity contribution < 1.29 is 4.79 Å². The highest BCUT2D eigenvalue weighted by atomic mass is 35.5. The molecule has 2 aromatic heterocycles. The molecule has 0 unspecified atom stereocenters. The van der Waals surface area contributed by atoms with Crippen LogP contribution in [0.15, 0.2) is 47.8 Å². The molecule has 19 heavy (non-hydrogen) atoms. The molecule has 0 saturated heterocycles. The van der Waals surface area contributed by atoms with Gasteiger partial charge in [-0.2, -0.15) is 0 Å². The van der Waals surface area contributed by atoms with Gasteiger partial charge in [0.1, 0.15) is 5.82 Å². The number of hydrogen-bond donors (Lipinski definition) is 1. The lowest BCUT2D eigenvalue weighted by Crippen LogP contribution is -2.22. The van der Waals surface area contributed by atoms with Crippen LogP contribution in [0.3, 0.4) is 0 Å². The lowest BCUT2D eigenvalue weighted by atomic mass is 10.4. The van der Waals surface area contributed by atoms with Crippen molar-refractivity contribution in [2.75, 3.05) is 5.32 Å². The third-order valence-corrected chi connectivity index (χ3v) is 3.56. The third-order valence-electron chi connectivity index (χ3n) is 2.28. The van der Waals surface area contributed by atoms with Crippen molar-refractivity contribution in [2.24, 2.45) is 0 Å². The topological polar surface area (TPSA) is 54.9 Å². The number of pyridine rings is 2. The molecule has 1 atom stereocenters. The molecule has 2 rings (SSSR count). The lowest BCUT2D eigenvalue weighted by Gasteiger charge is -2.10. The fourth-order valence-corrected chi connectivity index (χ4v) is 2.25. The molecule has 98 valence electrons. The zero-order valence-electron chi connectivity index (χ0n) is 10.2. The number of amides is 1. The number of hydrogen-bond acceptors (Lipinski definition) is 4. The van der Waals surface area contributed by atoms with E-state index in [1.807, 2.05) is 25.1 Å². The number of rotatable bonds is 4. The maximum Gasteiger partial charge on any atom is 0.238 e. The first-order valence-electron chi connectivity index (χ1n) is 5.65. The smallest absolute Gasteiger partial charge is 0.238 e. The number of nitrogens with one attached hydrogen (secondary N) is 1. The normalized spacial score (nSPS) is 11.9. The van der Waals surface area contributed by atoms with Crippen LogP contribution in [-0.4, -0.2) is 21.1 Å². The average molecular weight is 294 g/mol. The minimum atomic E-state index is -0.257. The molecule has 0 bridgehead atoms.